The zero-order valence-electron chi connectivity index (χ0n) is 8.45. The van der Waals surface area contributed by atoms with Gasteiger partial charge >= 0.3 is 11.8 Å². The number of rotatable bonds is 2. The number of aryl methyl sites for hydroxylation is 1. The van der Waals surface area contributed by atoms with Crippen LogP contribution in [0.25, 0.3) is 0 Å². The van der Waals surface area contributed by atoms with Gasteiger partial charge in [0.05, 0.1) is 7.11 Å². The van der Waals surface area contributed by atoms with Crippen LogP contribution in [-0.4, -0.2) is 24.6 Å². The third-order valence-corrected chi connectivity index (χ3v) is 2.31. The molecule has 0 spiro atoms. The largest absolute Gasteiger partial charge is 0.465 e. The average Bonchev–Trinajstić information content (AvgIpc) is 2.92. The number of hydrogen-bond donors (Lipinski definition) is 0. The van der Waals surface area contributed by atoms with E-state index in [-0.39, 0.29) is 5.71 Å². The van der Waals surface area contributed by atoms with Gasteiger partial charge in [-0.2, -0.15) is 4.39 Å². The minimum absolute atomic E-state index is 0.148. The van der Waals surface area contributed by atoms with Gasteiger partial charge in [0.25, 0.3) is 0 Å². The Kier molecular flexibility index (Phi) is 2.07. The maximum atomic E-state index is 13.7. The fourth-order valence-corrected chi connectivity index (χ4v) is 1.37. The van der Waals surface area contributed by atoms with Gasteiger partial charge in [0.2, 0.25) is 0 Å². The molecule has 0 saturated heterocycles. The Labute approximate surface area is 86.6 Å². The summed E-state index contributed by atoms with van der Waals surface area (Å²) in [4.78, 5) is 14.6. The lowest BCUT2D eigenvalue weighted by molar-refractivity contribution is -0.147. The monoisotopic (exact) mass is 207 g/mol. The van der Waals surface area contributed by atoms with E-state index in [1.807, 2.05) is 19.1 Å². The number of aliphatic imine (C=N–C) groups is 1. The van der Waals surface area contributed by atoms with Gasteiger partial charge in [0.15, 0.2) is 0 Å². The molecule has 0 N–H and O–H groups in total. The van der Waals surface area contributed by atoms with E-state index in [4.69, 9.17) is 0 Å². The van der Waals surface area contributed by atoms with Crippen LogP contribution in [0.5, 0.6) is 0 Å². The van der Waals surface area contributed by atoms with Gasteiger partial charge in [-0.1, -0.05) is 29.8 Å². The minimum Gasteiger partial charge on any atom is -0.465 e. The van der Waals surface area contributed by atoms with Crippen LogP contribution in [0.2, 0.25) is 0 Å². The normalized spacial score (nSPS) is 23.3. The van der Waals surface area contributed by atoms with Crippen LogP contribution < -0.4 is 0 Å². The molecule has 4 heteroatoms. The summed E-state index contributed by atoms with van der Waals surface area (Å²) in [5, 5.41) is 0. The van der Waals surface area contributed by atoms with Crippen molar-refractivity contribution in [2.75, 3.05) is 7.11 Å². The van der Waals surface area contributed by atoms with Gasteiger partial charge in [0, 0.05) is 5.56 Å². The Bertz CT molecular complexity index is 438. The highest BCUT2D eigenvalue weighted by atomic mass is 19.1. The topological polar surface area (TPSA) is 38.7 Å². The molecule has 78 valence electrons. The molecule has 2 rings (SSSR count). The summed E-state index contributed by atoms with van der Waals surface area (Å²) in [6.45, 7) is 1.93. The summed E-state index contributed by atoms with van der Waals surface area (Å²) in [5.74, 6) is -3.21. The zero-order chi connectivity index (χ0) is 11.1. The summed E-state index contributed by atoms with van der Waals surface area (Å²) in [7, 11) is 1.14. The second-order valence-electron chi connectivity index (χ2n) is 3.44. The highest BCUT2D eigenvalue weighted by molar-refractivity contribution is 6.27. The summed E-state index contributed by atoms with van der Waals surface area (Å²) in [5.41, 5.74) is 1.84. The van der Waals surface area contributed by atoms with Gasteiger partial charge in [-0.15, -0.1) is 0 Å². The molecule has 0 fully saturated rings. The van der Waals surface area contributed by atoms with Crippen molar-refractivity contribution in [2.24, 2.45) is 4.99 Å². The third-order valence-electron chi connectivity index (χ3n) is 2.31. The molecule has 1 unspecified atom stereocenters. The Hall–Kier alpha value is -1.71. The summed E-state index contributed by atoms with van der Waals surface area (Å²) < 4.78 is 18.0. The summed E-state index contributed by atoms with van der Waals surface area (Å²) in [6, 6.07) is 7.15. The smallest absolute Gasteiger partial charge is 0.373 e. The number of hydrogen-bond acceptors (Lipinski definition) is 3. The van der Waals surface area contributed by atoms with Gasteiger partial charge in [0.1, 0.15) is 5.71 Å². The Balaban J connectivity index is 2.20. The number of esters is 1. The van der Waals surface area contributed by atoms with E-state index in [0.717, 1.165) is 12.7 Å². The van der Waals surface area contributed by atoms with Crippen molar-refractivity contribution in [2.45, 2.75) is 12.7 Å². The maximum absolute atomic E-state index is 13.7. The van der Waals surface area contributed by atoms with E-state index >= 15 is 0 Å². The van der Waals surface area contributed by atoms with Crippen LogP contribution in [0.1, 0.15) is 11.1 Å². The SMILES string of the molecule is COC(=O)C1(F)N=C1c1ccc(C)cc1. The number of nitrogens with zero attached hydrogens (tertiary/aromatic N) is 1. The highest BCUT2D eigenvalue weighted by Gasteiger charge is 2.57. The number of carbonyl (C=O) groups is 1. The molecular weight excluding hydrogens is 197 g/mol. The van der Waals surface area contributed by atoms with Gasteiger partial charge in [-0.25, -0.2) is 9.79 Å². The molecule has 0 bridgehead atoms. The van der Waals surface area contributed by atoms with Crippen molar-refractivity contribution < 1.29 is 13.9 Å². The van der Waals surface area contributed by atoms with Crippen molar-refractivity contribution in [3.8, 4) is 0 Å². The molecule has 1 aromatic rings. The molecule has 1 aliphatic rings. The fraction of sp³-hybridized carbons (Fsp3) is 0.273. The lowest BCUT2D eigenvalue weighted by atomic mass is 10.1. The lowest BCUT2D eigenvalue weighted by Gasteiger charge is -2.02. The predicted molar refractivity (Wildman–Crippen MR) is 53.6 cm³/mol. The number of carbonyl (C=O) groups excluding carboxylic acids is 1. The first-order valence-electron chi connectivity index (χ1n) is 4.52. The van der Waals surface area contributed by atoms with Crippen LogP contribution in [0.4, 0.5) is 4.39 Å². The molecule has 0 aliphatic carbocycles. The van der Waals surface area contributed by atoms with Crippen LogP contribution >= 0.6 is 0 Å². The number of halogens is 1. The zero-order valence-corrected chi connectivity index (χ0v) is 8.45. The number of ether oxygens (including phenoxy) is 1. The molecule has 15 heavy (non-hydrogen) atoms. The summed E-state index contributed by atoms with van der Waals surface area (Å²) in [6.07, 6.45) is 0. The first-order chi connectivity index (χ1) is 7.08. The van der Waals surface area contributed by atoms with E-state index in [2.05, 4.69) is 9.73 Å². The average molecular weight is 207 g/mol. The second kappa shape index (κ2) is 3.15. The standard InChI is InChI=1S/C11H10FNO2/c1-7-3-5-8(6-4-7)9-11(12,13-9)10(14)15-2/h3-6H,1-2H3. The molecule has 3 nitrogen and oxygen atoms in total. The molecule has 1 heterocycles. The van der Waals surface area contributed by atoms with Crippen LogP contribution in [0, 0.1) is 6.92 Å². The van der Waals surface area contributed by atoms with Crippen LogP contribution in [0.3, 0.4) is 0 Å². The Morgan fingerprint density at radius 1 is 1.40 bits per heavy atom. The van der Waals surface area contributed by atoms with Gasteiger partial charge in [-0.05, 0) is 6.92 Å². The number of alkyl halides is 1. The number of benzene rings is 1. The molecule has 0 saturated carbocycles. The lowest BCUT2D eigenvalue weighted by Crippen LogP contribution is -2.26. The van der Waals surface area contributed by atoms with Crippen molar-refractivity contribution in [1.29, 1.82) is 0 Å². The molecule has 1 aliphatic heterocycles. The van der Waals surface area contributed by atoms with Gasteiger partial charge in [-0.3, -0.25) is 0 Å². The molecular formula is C11H10FNO2. The first kappa shape index (κ1) is 9.83. The maximum Gasteiger partial charge on any atom is 0.373 e. The number of methoxy groups -OCH3 is 1. The molecule has 1 atom stereocenters. The third kappa shape index (κ3) is 1.52. The predicted octanol–water partition coefficient (Wildman–Crippen LogP) is 1.64. The Morgan fingerprint density at radius 3 is 2.53 bits per heavy atom. The van der Waals surface area contributed by atoms with Crippen molar-refractivity contribution >= 4 is 11.7 Å². The molecule has 1 aromatic carbocycles. The van der Waals surface area contributed by atoms with Crippen molar-refractivity contribution in [1.82, 2.24) is 0 Å². The van der Waals surface area contributed by atoms with Crippen LogP contribution in [0.15, 0.2) is 29.3 Å². The van der Waals surface area contributed by atoms with E-state index in [1.54, 1.807) is 12.1 Å². The fourth-order valence-electron chi connectivity index (χ4n) is 1.37. The Morgan fingerprint density at radius 2 is 2.00 bits per heavy atom. The molecule has 0 radical (unpaired) electrons. The van der Waals surface area contributed by atoms with Crippen molar-refractivity contribution in [3.63, 3.8) is 0 Å². The van der Waals surface area contributed by atoms with E-state index in [1.165, 1.54) is 0 Å². The second-order valence-corrected chi connectivity index (χ2v) is 3.44. The highest BCUT2D eigenvalue weighted by Crippen LogP contribution is 2.35. The van der Waals surface area contributed by atoms with E-state index in [0.29, 0.717) is 5.56 Å². The first-order valence-corrected chi connectivity index (χ1v) is 4.52. The van der Waals surface area contributed by atoms with Crippen LogP contribution in [-0.2, 0) is 9.53 Å². The molecule has 0 amide bonds. The van der Waals surface area contributed by atoms with Crippen molar-refractivity contribution in [3.05, 3.63) is 35.4 Å². The molecule has 0 aromatic heterocycles. The summed E-state index contributed by atoms with van der Waals surface area (Å²) >= 11 is 0. The van der Waals surface area contributed by atoms with Gasteiger partial charge < -0.3 is 4.74 Å². The van der Waals surface area contributed by atoms with E-state index in [9.17, 15) is 9.18 Å². The minimum atomic E-state index is -2.25. The quantitative estimate of drug-likeness (QED) is 0.546. The van der Waals surface area contributed by atoms with E-state index < -0.39 is 11.8 Å².